The average Bonchev–Trinajstić information content (AvgIpc) is 3.02. The number of rotatable bonds is 4. The Balaban J connectivity index is 1.70. The van der Waals surface area contributed by atoms with Crippen LogP contribution >= 0.6 is 34.4 Å². The summed E-state index contributed by atoms with van der Waals surface area (Å²) in [6.07, 6.45) is 2.57. The second kappa shape index (κ2) is 4.94. The SMILES string of the molecule is c1csc(Sc2ccc(Cc3nnn[nH]3)s2)n1. The van der Waals surface area contributed by atoms with Crippen molar-refractivity contribution in [1.82, 2.24) is 25.6 Å². The van der Waals surface area contributed by atoms with Crippen LogP contribution in [-0.4, -0.2) is 25.6 Å². The van der Waals surface area contributed by atoms with E-state index in [0.29, 0.717) is 0 Å². The molecule has 0 aromatic carbocycles. The standard InChI is InChI=1S/C9H7N5S3/c1-2-8(17-9-10-3-4-15-9)16-6(1)5-7-11-13-14-12-7/h1-4H,5H2,(H,11,12,13,14). The molecule has 0 spiro atoms. The fourth-order valence-corrected chi connectivity index (χ4v) is 4.31. The van der Waals surface area contributed by atoms with Gasteiger partial charge >= 0.3 is 0 Å². The van der Waals surface area contributed by atoms with Gasteiger partial charge in [-0.15, -0.1) is 27.8 Å². The molecule has 0 aliphatic rings. The number of thiophene rings is 1. The first-order valence-corrected chi connectivity index (χ1v) is 7.30. The number of nitrogens with zero attached hydrogens (tertiary/aromatic N) is 4. The zero-order valence-corrected chi connectivity index (χ0v) is 11.0. The van der Waals surface area contributed by atoms with Gasteiger partial charge in [-0.2, -0.15) is 0 Å². The molecule has 0 aliphatic carbocycles. The molecule has 5 nitrogen and oxygen atoms in total. The Bertz CT molecular complexity index is 521. The van der Waals surface area contributed by atoms with Crippen molar-refractivity contribution < 1.29 is 0 Å². The molecule has 3 rings (SSSR count). The fourth-order valence-electron chi connectivity index (χ4n) is 1.27. The van der Waals surface area contributed by atoms with Crippen molar-refractivity contribution >= 4 is 34.4 Å². The molecule has 0 saturated carbocycles. The highest BCUT2D eigenvalue weighted by Gasteiger charge is 2.06. The highest BCUT2D eigenvalue weighted by Crippen LogP contribution is 2.34. The Morgan fingerprint density at radius 1 is 1.35 bits per heavy atom. The Labute approximate surface area is 109 Å². The first-order chi connectivity index (χ1) is 8.40. The lowest BCUT2D eigenvalue weighted by atomic mass is 10.3. The lowest BCUT2D eigenvalue weighted by Gasteiger charge is -1.91. The van der Waals surface area contributed by atoms with E-state index in [0.717, 1.165) is 16.6 Å². The maximum Gasteiger partial charge on any atom is 0.155 e. The lowest BCUT2D eigenvalue weighted by molar-refractivity contribution is 0.881. The Morgan fingerprint density at radius 3 is 3.12 bits per heavy atom. The van der Waals surface area contributed by atoms with Crippen LogP contribution in [0.4, 0.5) is 0 Å². The molecule has 0 amide bonds. The number of tetrazole rings is 1. The molecule has 0 aliphatic heterocycles. The highest BCUT2D eigenvalue weighted by molar-refractivity contribution is 8.02. The Morgan fingerprint density at radius 2 is 2.35 bits per heavy atom. The van der Waals surface area contributed by atoms with Gasteiger partial charge in [0.25, 0.3) is 0 Å². The zero-order chi connectivity index (χ0) is 11.5. The molecule has 0 atom stereocenters. The van der Waals surface area contributed by atoms with Gasteiger partial charge in [-0.25, -0.2) is 10.1 Å². The maximum absolute atomic E-state index is 4.25. The molecular formula is C9H7N5S3. The van der Waals surface area contributed by atoms with E-state index in [1.807, 2.05) is 11.6 Å². The molecule has 3 aromatic rings. The van der Waals surface area contributed by atoms with E-state index in [9.17, 15) is 0 Å². The summed E-state index contributed by atoms with van der Waals surface area (Å²) < 4.78 is 2.31. The van der Waals surface area contributed by atoms with Gasteiger partial charge in [0.1, 0.15) is 0 Å². The average molecular weight is 281 g/mol. The number of aromatic nitrogens is 5. The highest BCUT2D eigenvalue weighted by atomic mass is 32.2. The summed E-state index contributed by atoms with van der Waals surface area (Å²) in [7, 11) is 0. The monoisotopic (exact) mass is 281 g/mol. The third-order valence-electron chi connectivity index (χ3n) is 1.97. The van der Waals surface area contributed by atoms with Crippen molar-refractivity contribution in [3.63, 3.8) is 0 Å². The minimum absolute atomic E-state index is 0.746. The van der Waals surface area contributed by atoms with Crippen LogP contribution in [0.1, 0.15) is 10.7 Å². The van der Waals surface area contributed by atoms with Crippen LogP contribution in [0.3, 0.4) is 0 Å². The fraction of sp³-hybridized carbons (Fsp3) is 0.111. The lowest BCUT2D eigenvalue weighted by Crippen LogP contribution is -1.86. The molecule has 0 saturated heterocycles. The molecule has 0 fully saturated rings. The predicted octanol–water partition coefficient (Wildman–Crippen LogP) is 2.46. The molecule has 86 valence electrons. The van der Waals surface area contributed by atoms with Crippen LogP contribution in [0.25, 0.3) is 0 Å². The Hall–Kier alpha value is -1.25. The van der Waals surface area contributed by atoms with Gasteiger partial charge in [0, 0.05) is 22.9 Å². The number of aromatic amines is 1. The van der Waals surface area contributed by atoms with E-state index in [1.54, 1.807) is 34.4 Å². The largest absolute Gasteiger partial charge is 0.243 e. The van der Waals surface area contributed by atoms with Crippen LogP contribution in [-0.2, 0) is 6.42 Å². The van der Waals surface area contributed by atoms with Gasteiger partial charge in [-0.3, -0.25) is 0 Å². The quantitative estimate of drug-likeness (QED) is 0.795. The second-order valence-corrected chi connectivity index (χ2v) is 6.76. The van der Waals surface area contributed by atoms with E-state index in [4.69, 9.17) is 0 Å². The number of thiazole rings is 1. The first kappa shape index (κ1) is 10.9. The van der Waals surface area contributed by atoms with Crippen LogP contribution in [0.5, 0.6) is 0 Å². The smallest absolute Gasteiger partial charge is 0.155 e. The van der Waals surface area contributed by atoms with Gasteiger partial charge in [0.2, 0.25) is 0 Å². The molecule has 1 N–H and O–H groups in total. The number of hydrogen-bond donors (Lipinski definition) is 1. The van der Waals surface area contributed by atoms with E-state index < -0.39 is 0 Å². The van der Waals surface area contributed by atoms with Crippen LogP contribution in [0.15, 0.2) is 32.3 Å². The van der Waals surface area contributed by atoms with Crippen molar-refractivity contribution in [3.05, 3.63) is 34.4 Å². The summed E-state index contributed by atoms with van der Waals surface area (Å²) in [5.41, 5.74) is 0. The van der Waals surface area contributed by atoms with E-state index in [1.165, 1.54) is 9.09 Å². The zero-order valence-electron chi connectivity index (χ0n) is 8.53. The van der Waals surface area contributed by atoms with Crippen molar-refractivity contribution in [2.75, 3.05) is 0 Å². The molecule has 0 radical (unpaired) electrons. The summed E-state index contributed by atoms with van der Waals surface area (Å²) in [4.78, 5) is 5.48. The number of nitrogens with one attached hydrogen (secondary N) is 1. The van der Waals surface area contributed by atoms with Crippen LogP contribution in [0.2, 0.25) is 0 Å². The van der Waals surface area contributed by atoms with Gasteiger partial charge in [-0.1, -0.05) is 0 Å². The summed E-state index contributed by atoms with van der Waals surface area (Å²) in [6, 6.07) is 4.21. The van der Waals surface area contributed by atoms with Crippen LogP contribution < -0.4 is 0 Å². The topological polar surface area (TPSA) is 67.3 Å². The molecule has 17 heavy (non-hydrogen) atoms. The summed E-state index contributed by atoms with van der Waals surface area (Å²) >= 11 is 5.09. The normalized spacial score (nSPS) is 10.8. The first-order valence-electron chi connectivity index (χ1n) is 4.79. The molecule has 0 bridgehead atoms. The molecule has 3 aromatic heterocycles. The van der Waals surface area contributed by atoms with E-state index in [2.05, 4.69) is 37.7 Å². The number of H-pyrrole nitrogens is 1. The third-order valence-corrected chi connectivity index (χ3v) is 5.07. The Kier molecular flexibility index (Phi) is 3.16. The minimum atomic E-state index is 0.746. The predicted molar refractivity (Wildman–Crippen MR) is 67.5 cm³/mol. The third kappa shape index (κ3) is 2.71. The van der Waals surface area contributed by atoms with Crippen LogP contribution in [0, 0.1) is 0 Å². The molecule has 0 unspecified atom stereocenters. The van der Waals surface area contributed by atoms with Gasteiger partial charge < -0.3 is 0 Å². The van der Waals surface area contributed by atoms with Gasteiger partial charge in [0.05, 0.1) is 4.21 Å². The van der Waals surface area contributed by atoms with Crippen molar-refractivity contribution in [2.24, 2.45) is 0 Å². The van der Waals surface area contributed by atoms with E-state index >= 15 is 0 Å². The summed E-state index contributed by atoms with van der Waals surface area (Å²) in [6.45, 7) is 0. The summed E-state index contributed by atoms with van der Waals surface area (Å²) in [5.74, 6) is 0.789. The van der Waals surface area contributed by atoms with Gasteiger partial charge in [0.15, 0.2) is 10.2 Å². The molecular weight excluding hydrogens is 274 g/mol. The summed E-state index contributed by atoms with van der Waals surface area (Å²) in [5, 5.41) is 15.7. The van der Waals surface area contributed by atoms with Gasteiger partial charge in [-0.05, 0) is 34.3 Å². The molecule has 3 heterocycles. The second-order valence-electron chi connectivity index (χ2n) is 3.15. The van der Waals surface area contributed by atoms with Crippen molar-refractivity contribution in [3.8, 4) is 0 Å². The minimum Gasteiger partial charge on any atom is -0.243 e. The van der Waals surface area contributed by atoms with Crippen molar-refractivity contribution in [2.45, 2.75) is 15.0 Å². The van der Waals surface area contributed by atoms with E-state index in [-0.39, 0.29) is 0 Å². The van der Waals surface area contributed by atoms with Crippen molar-refractivity contribution in [1.29, 1.82) is 0 Å². The molecule has 8 heteroatoms. The maximum atomic E-state index is 4.25. The number of hydrogen-bond acceptors (Lipinski definition) is 7.